The first kappa shape index (κ1) is 19.2. The zero-order valence-corrected chi connectivity index (χ0v) is 14.8. The van der Waals surface area contributed by atoms with Crippen LogP contribution in [0, 0.1) is 5.82 Å². The number of rotatable bonds is 7. The summed E-state index contributed by atoms with van der Waals surface area (Å²) in [5.74, 6) is -0.511. The number of ether oxygens (including phenoxy) is 2. The lowest BCUT2D eigenvalue weighted by molar-refractivity contribution is -0.118. The van der Waals surface area contributed by atoms with Crippen molar-refractivity contribution in [3.05, 3.63) is 53.8 Å². The SMILES string of the molecule is COc1ccc(C(=O)NC(C)C)cc1OCC(=O)Nc1cccc(F)c1. The molecule has 0 bridgehead atoms. The Bertz CT molecular complexity index is 793. The van der Waals surface area contributed by atoms with Gasteiger partial charge in [0, 0.05) is 17.3 Å². The molecule has 0 saturated carbocycles. The highest BCUT2D eigenvalue weighted by atomic mass is 19.1. The molecule has 26 heavy (non-hydrogen) atoms. The molecule has 0 aliphatic heterocycles. The van der Waals surface area contributed by atoms with Crippen molar-refractivity contribution in [3.63, 3.8) is 0 Å². The zero-order valence-electron chi connectivity index (χ0n) is 14.8. The topological polar surface area (TPSA) is 76.7 Å². The molecule has 138 valence electrons. The van der Waals surface area contributed by atoms with Gasteiger partial charge in [0.2, 0.25) is 0 Å². The molecular formula is C19H21FN2O4. The van der Waals surface area contributed by atoms with Crippen LogP contribution in [-0.2, 0) is 4.79 Å². The summed E-state index contributed by atoms with van der Waals surface area (Å²) in [6.45, 7) is 3.40. The predicted molar refractivity (Wildman–Crippen MR) is 96.1 cm³/mol. The zero-order chi connectivity index (χ0) is 19.1. The Morgan fingerprint density at radius 1 is 1.12 bits per heavy atom. The highest BCUT2D eigenvalue weighted by Crippen LogP contribution is 2.28. The maximum Gasteiger partial charge on any atom is 0.262 e. The average Bonchev–Trinajstić information content (AvgIpc) is 2.59. The molecule has 0 radical (unpaired) electrons. The average molecular weight is 360 g/mol. The second-order valence-corrected chi connectivity index (χ2v) is 5.84. The molecule has 2 aromatic rings. The number of anilines is 1. The minimum absolute atomic E-state index is 0.00832. The van der Waals surface area contributed by atoms with E-state index in [9.17, 15) is 14.0 Å². The van der Waals surface area contributed by atoms with Crippen LogP contribution in [0.1, 0.15) is 24.2 Å². The molecule has 0 atom stereocenters. The van der Waals surface area contributed by atoms with Crippen molar-refractivity contribution < 1.29 is 23.5 Å². The third-order valence-corrected chi connectivity index (χ3v) is 3.31. The Labute approximate surface area is 151 Å². The molecule has 0 aliphatic rings. The fourth-order valence-corrected chi connectivity index (χ4v) is 2.18. The van der Waals surface area contributed by atoms with Crippen molar-refractivity contribution in [1.29, 1.82) is 0 Å². The molecule has 2 rings (SSSR count). The van der Waals surface area contributed by atoms with Crippen LogP contribution in [0.2, 0.25) is 0 Å². The van der Waals surface area contributed by atoms with Crippen LogP contribution in [-0.4, -0.2) is 31.6 Å². The fraction of sp³-hybridized carbons (Fsp3) is 0.263. The molecule has 0 aromatic heterocycles. The molecular weight excluding hydrogens is 339 g/mol. The van der Waals surface area contributed by atoms with E-state index in [1.54, 1.807) is 18.2 Å². The maximum atomic E-state index is 13.1. The molecule has 0 spiro atoms. The van der Waals surface area contributed by atoms with Crippen LogP contribution in [0.4, 0.5) is 10.1 Å². The van der Waals surface area contributed by atoms with Crippen molar-refractivity contribution >= 4 is 17.5 Å². The summed E-state index contributed by atoms with van der Waals surface area (Å²) in [6.07, 6.45) is 0. The highest BCUT2D eigenvalue weighted by molar-refractivity contribution is 5.95. The lowest BCUT2D eigenvalue weighted by atomic mass is 10.1. The first-order valence-electron chi connectivity index (χ1n) is 8.06. The van der Waals surface area contributed by atoms with E-state index in [1.807, 2.05) is 13.8 Å². The summed E-state index contributed by atoms with van der Waals surface area (Å²) in [4.78, 5) is 24.1. The van der Waals surface area contributed by atoms with Gasteiger partial charge in [0.05, 0.1) is 7.11 Å². The number of hydrogen-bond acceptors (Lipinski definition) is 4. The Morgan fingerprint density at radius 3 is 2.54 bits per heavy atom. The lowest BCUT2D eigenvalue weighted by Crippen LogP contribution is -2.30. The van der Waals surface area contributed by atoms with Gasteiger partial charge in [-0.2, -0.15) is 0 Å². The first-order valence-corrected chi connectivity index (χ1v) is 8.06. The van der Waals surface area contributed by atoms with Crippen molar-refractivity contribution in [3.8, 4) is 11.5 Å². The van der Waals surface area contributed by atoms with Gasteiger partial charge in [0.25, 0.3) is 11.8 Å². The van der Waals surface area contributed by atoms with Gasteiger partial charge in [-0.15, -0.1) is 0 Å². The van der Waals surface area contributed by atoms with Gasteiger partial charge >= 0.3 is 0 Å². The Kier molecular flexibility index (Phi) is 6.54. The van der Waals surface area contributed by atoms with Gasteiger partial charge in [-0.25, -0.2) is 4.39 Å². The summed E-state index contributed by atoms with van der Waals surface area (Å²) < 4.78 is 23.8. The molecule has 0 fully saturated rings. The summed E-state index contributed by atoms with van der Waals surface area (Å²) >= 11 is 0. The van der Waals surface area contributed by atoms with Crippen LogP contribution in [0.15, 0.2) is 42.5 Å². The standard InChI is InChI=1S/C19H21FN2O4/c1-12(2)21-19(24)13-7-8-16(25-3)17(9-13)26-11-18(23)22-15-6-4-5-14(20)10-15/h4-10,12H,11H2,1-3H3,(H,21,24)(H,22,23). The van der Waals surface area contributed by atoms with Crippen molar-refractivity contribution in [1.82, 2.24) is 5.32 Å². The number of carbonyl (C=O) groups excluding carboxylic acids is 2. The molecule has 2 aromatic carbocycles. The third kappa shape index (κ3) is 5.47. The van der Waals surface area contributed by atoms with Crippen molar-refractivity contribution in [2.75, 3.05) is 19.0 Å². The van der Waals surface area contributed by atoms with Gasteiger partial charge in [-0.1, -0.05) is 6.07 Å². The summed E-state index contributed by atoms with van der Waals surface area (Å²) in [5, 5.41) is 5.31. The first-order chi connectivity index (χ1) is 12.4. The van der Waals surface area contributed by atoms with E-state index in [-0.39, 0.29) is 24.3 Å². The molecule has 0 unspecified atom stereocenters. The maximum absolute atomic E-state index is 13.1. The number of benzene rings is 2. The second kappa shape index (κ2) is 8.84. The van der Waals surface area contributed by atoms with Crippen molar-refractivity contribution in [2.45, 2.75) is 19.9 Å². The van der Waals surface area contributed by atoms with E-state index < -0.39 is 11.7 Å². The molecule has 0 aliphatic carbocycles. The van der Waals surface area contributed by atoms with E-state index in [4.69, 9.17) is 9.47 Å². The Balaban J connectivity index is 2.05. The third-order valence-electron chi connectivity index (χ3n) is 3.31. The smallest absolute Gasteiger partial charge is 0.262 e. The van der Waals surface area contributed by atoms with Gasteiger partial charge < -0.3 is 20.1 Å². The van der Waals surface area contributed by atoms with Gasteiger partial charge in [-0.05, 0) is 50.2 Å². The minimum Gasteiger partial charge on any atom is -0.493 e. The Hall–Kier alpha value is -3.09. The van der Waals surface area contributed by atoms with Gasteiger partial charge in [0.1, 0.15) is 5.82 Å². The summed E-state index contributed by atoms with van der Waals surface area (Å²) in [5.41, 5.74) is 0.718. The molecule has 7 heteroatoms. The van der Waals surface area contributed by atoms with Gasteiger partial charge in [0.15, 0.2) is 18.1 Å². The number of hydrogen-bond donors (Lipinski definition) is 2. The van der Waals surface area contributed by atoms with Gasteiger partial charge in [-0.3, -0.25) is 9.59 Å². The quantitative estimate of drug-likeness (QED) is 0.796. The number of methoxy groups -OCH3 is 1. The lowest BCUT2D eigenvalue weighted by Gasteiger charge is -2.13. The number of halogens is 1. The second-order valence-electron chi connectivity index (χ2n) is 5.84. The largest absolute Gasteiger partial charge is 0.493 e. The Morgan fingerprint density at radius 2 is 1.88 bits per heavy atom. The molecule has 0 saturated heterocycles. The van der Waals surface area contributed by atoms with Crippen LogP contribution in [0.5, 0.6) is 11.5 Å². The number of amides is 2. The summed E-state index contributed by atoms with van der Waals surface area (Å²) in [7, 11) is 1.46. The molecule has 0 heterocycles. The number of carbonyl (C=O) groups is 2. The summed E-state index contributed by atoms with van der Waals surface area (Å²) in [6, 6.07) is 10.2. The van der Waals surface area contributed by atoms with Crippen LogP contribution in [0.25, 0.3) is 0 Å². The van der Waals surface area contributed by atoms with E-state index >= 15 is 0 Å². The highest BCUT2D eigenvalue weighted by Gasteiger charge is 2.13. The van der Waals surface area contributed by atoms with Crippen LogP contribution in [0.3, 0.4) is 0 Å². The van der Waals surface area contributed by atoms with E-state index in [1.165, 1.54) is 31.4 Å². The van der Waals surface area contributed by atoms with E-state index in [2.05, 4.69) is 10.6 Å². The van der Waals surface area contributed by atoms with Crippen LogP contribution >= 0.6 is 0 Å². The molecule has 6 nitrogen and oxygen atoms in total. The monoisotopic (exact) mass is 360 g/mol. The minimum atomic E-state index is -0.463. The number of nitrogens with one attached hydrogen (secondary N) is 2. The predicted octanol–water partition coefficient (Wildman–Crippen LogP) is 2.99. The molecule has 2 N–H and O–H groups in total. The molecule has 2 amide bonds. The van der Waals surface area contributed by atoms with Crippen molar-refractivity contribution in [2.24, 2.45) is 0 Å². The fourth-order valence-electron chi connectivity index (χ4n) is 2.18. The van der Waals surface area contributed by atoms with E-state index in [0.717, 1.165) is 0 Å². The van der Waals surface area contributed by atoms with Crippen LogP contribution < -0.4 is 20.1 Å². The van der Waals surface area contributed by atoms with E-state index in [0.29, 0.717) is 17.0 Å². The normalized spacial score (nSPS) is 10.3.